The summed E-state index contributed by atoms with van der Waals surface area (Å²) in [6.07, 6.45) is 8.07. The standard InChI is InChI=1S/C18H27N/c1-4-15(3)17-10-14(2)11-18(12-17)19-13-16-8-6-5-7-9-16/h10-12,16,19H,3-9,13H2,1-2H3. The highest BCUT2D eigenvalue weighted by atomic mass is 14.9. The summed E-state index contributed by atoms with van der Waals surface area (Å²) in [5.74, 6) is 0.868. The van der Waals surface area contributed by atoms with E-state index >= 15 is 0 Å². The first-order valence-corrected chi connectivity index (χ1v) is 7.72. The van der Waals surface area contributed by atoms with Gasteiger partial charge < -0.3 is 5.32 Å². The zero-order chi connectivity index (χ0) is 13.7. The van der Waals surface area contributed by atoms with E-state index < -0.39 is 0 Å². The smallest absolute Gasteiger partial charge is 0.0349 e. The minimum Gasteiger partial charge on any atom is -0.385 e. The van der Waals surface area contributed by atoms with E-state index in [0.29, 0.717) is 0 Å². The lowest BCUT2D eigenvalue weighted by Gasteiger charge is -2.22. The van der Waals surface area contributed by atoms with E-state index in [1.165, 1.54) is 54.5 Å². The van der Waals surface area contributed by atoms with Crippen LogP contribution in [0.15, 0.2) is 24.8 Å². The van der Waals surface area contributed by atoms with Gasteiger partial charge in [0.15, 0.2) is 0 Å². The number of hydrogen-bond acceptors (Lipinski definition) is 1. The summed E-state index contributed by atoms with van der Waals surface area (Å²) in [4.78, 5) is 0. The molecule has 1 fully saturated rings. The van der Waals surface area contributed by atoms with Crippen LogP contribution in [0, 0.1) is 12.8 Å². The first-order valence-electron chi connectivity index (χ1n) is 7.72. The maximum atomic E-state index is 4.15. The SMILES string of the molecule is C=C(CC)c1cc(C)cc(NCC2CCCCC2)c1. The van der Waals surface area contributed by atoms with Gasteiger partial charge in [-0.05, 0) is 60.9 Å². The molecular weight excluding hydrogens is 230 g/mol. The van der Waals surface area contributed by atoms with Gasteiger partial charge in [-0.25, -0.2) is 0 Å². The van der Waals surface area contributed by atoms with Crippen LogP contribution < -0.4 is 5.32 Å². The van der Waals surface area contributed by atoms with Crippen molar-refractivity contribution in [1.29, 1.82) is 0 Å². The highest BCUT2D eigenvalue weighted by molar-refractivity contribution is 5.67. The molecule has 1 N–H and O–H groups in total. The molecule has 1 aromatic rings. The van der Waals surface area contributed by atoms with E-state index in [1.54, 1.807) is 0 Å². The first kappa shape index (κ1) is 14.2. The van der Waals surface area contributed by atoms with Crippen LogP contribution in [0.1, 0.15) is 56.6 Å². The largest absolute Gasteiger partial charge is 0.385 e. The van der Waals surface area contributed by atoms with Crippen molar-refractivity contribution < 1.29 is 0 Å². The summed E-state index contributed by atoms with van der Waals surface area (Å²) in [5, 5.41) is 3.63. The molecule has 0 unspecified atom stereocenters. The summed E-state index contributed by atoms with van der Waals surface area (Å²) < 4.78 is 0. The van der Waals surface area contributed by atoms with Gasteiger partial charge in [0.05, 0.1) is 0 Å². The molecule has 1 saturated carbocycles. The number of benzene rings is 1. The van der Waals surface area contributed by atoms with Crippen LogP contribution in [0.2, 0.25) is 0 Å². The molecule has 2 rings (SSSR count). The van der Waals surface area contributed by atoms with Crippen molar-refractivity contribution in [3.8, 4) is 0 Å². The van der Waals surface area contributed by atoms with Crippen LogP contribution in [0.5, 0.6) is 0 Å². The van der Waals surface area contributed by atoms with Gasteiger partial charge in [0, 0.05) is 12.2 Å². The Balaban J connectivity index is 1.99. The van der Waals surface area contributed by atoms with Crippen LogP contribution in [-0.4, -0.2) is 6.54 Å². The van der Waals surface area contributed by atoms with Gasteiger partial charge >= 0.3 is 0 Å². The normalized spacial score (nSPS) is 16.3. The minimum absolute atomic E-state index is 0.868. The van der Waals surface area contributed by atoms with Crippen LogP contribution in [0.4, 0.5) is 5.69 Å². The zero-order valence-corrected chi connectivity index (χ0v) is 12.5. The molecule has 0 radical (unpaired) electrons. The van der Waals surface area contributed by atoms with Gasteiger partial charge in [-0.2, -0.15) is 0 Å². The topological polar surface area (TPSA) is 12.0 Å². The van der Waals surface area contributed by atoms with Crippen molar-refractivity contribution >= 4 is 11.3 Å². The summed E-state index contributed by atoms with van der Waals surface area (Å²) in [6.45, 7) is 9.61. The number of nitrogens with one attached hydrogen (secondary N) is 1. The molecule has 0 saturated heterocycles. The molecule has 1 aromatic carbocycles. The molecule has 0 bridgehead atoms. The molecule has 1 heteroatoms. The van der Waals surface area contributed by atoms with E-state index in [1.807, 2.05) is 0 Å². The zero-order valence-electron chi connectivity index (χ0n) is 12.5. The Morgan fingerprint density at radius 3 is 2.63 bits per heavy atom. The second-order valence-electron chi connectivity index (χ2n) is 5.93. The van der Waals surface area contributed by atoms with Gasteiger partial charge in [-0.3, -0.25) is 0 Å². The predicted octanol–water partition coefficient (Wildman–Crippen LogP) is 5.41. The fourth-order valence-corrected chi connectivity index (χ4v) is 2.95. The van der Waals surface area contributed by atoms with Gasteiger partial charge in [0.2, 0.25) is 0 Å². The van der Waals surface area contributed by atoms with Gasteiger partial charge in [0.1, 0.15) is 0 Å². The summed E-state index contributed by atoms with van der Waals surface area (Å²) in [6, 6.07) is 6.73. The second-order valence-corrected chi connectivity index (χ2v) is 5.93. The highest BCUT2D eigenvalue weighted by Gasteiger charge is 2.13. The number of rotatable bonds is 5. The lowest BCUT2D eigenvalue weighted by molar-refractivity contribution is 0.373. The molecule has 0 atom stereocenters. The third-order valence-corrected chi connectivity index (χ3v) is 4.23. The minimum atomic E-state index is 0.868. The molecule has 104 valence electrons. The van der Waals surface area contributed by atoms with E-state index in [-0.39, 0.29) is 0 Å². The van der Waals surface area contributed by atoms with E-state index in [9.17, 15) is 0 Å². The third-order valence-electron chi connectivity index (χ3n) is 4.23. The number of aryl methyl sites for hydroxylation is 1. The molecule has 0 heterocycles. The summed E-state index contributed by atoms with van der Waals surface area (Å²) in [5.41, 5.74) is 5.09. The first-order chi connectivity index (χ1) is 9.19. The maximum absolute atomic E-state index is 4.15. The lowest BCUT2D eigenvalue weighted by Crippen LogP contribution is -2.17. The summed E-state index contributed by atoms with van der Waals surface area (Å²) >= 11 is 0. The number of hydrogen-bond donors (Lipinski definition) is 1. The highest BCUT2D eigenvalue weighted by Crippen LogP contribution is 2.26. The Hall–Kier alpha value is -1.24. The number of allylic oxidation sites excluding steroid dienone is 1. The van der Waals surface area contributed by atoms with Crippen LogP contribution in [0.3, 0.4) is 0 Å². The molecule has 0 amide bonds. The fraction of sp³-hybridized carbons (Fsp3) is 0.556. The van der Waals surface area contributed by atoms with Crippen molar-refractivity contribution in [3.63, 3.8) is 0 Å². The number of anilines is 1. The summed E-state index contributed by atoms with van der Waals surface area (Å²) in [7, 11) is 0. The van der Waals surface area contributed by atoms with Crippen LogP contribution in [-0.2, 0) is 0 Å². The molecule has 0 aromatic heterocycles. The van der Waals surface area contributed by atoms with Crippen molar-refractivity contribution in [2.24, 2.45) is 5.92 Å². The van der Waals surface area contributed by atoms with Gasteiger partial charge in [0.25, 0.3) is 0 Å². The molecule has 19 heavy (non-hydrogen) atoms. The quantitative estimate of drug-likeness (QED) is 0.743. The molecular formula is C18H27N. The lowest BCUT2D eigenvalue weighted by atomic mass is 9.89. The Morgan fingerprint density at radius 1 is 1.21 bits per heavy atom. The Kier molecular flexibility index (Phi) is 5.07. The van der Waals surface area contributed by atoms with Crippen molar-refractivity contribution in [3.05, 3.63) is 35.9 Å². The predicted molar refractivity (Wildman–Crippen MR) is 85.6 cm³/mol. The monoisotopic (exact) mass is 257 g/mol. The Bertz CT molecular complexity index is 427. The molecule has 0 aliphatic heterocycles. The molecule has 1 aliphatic rings. The van der Waals surface area contributed by atoms with Crippen LogP contribution in [0.25, 0.3) is 5.57 Å². The second kappa shape index (κ2) is 6.79. The van der Waals surface area contributed by atoms with Crippen molar-refractivity contribution in [1.82, 2.24) is 0 Å². The third kappa shape index (κ3) is 4.12. The Morgan fingerprint density at radius 2 is 1.95 bits per heavy atom. The van der Waals surface area contributed by atoms with Crippen LogP contribution >= 0.6 is 0 Å². The molecule has 1 aliphatic carbocycles. The van der Waals surface area contributed by atoms with Crippen molar-refractivity contribution in [2.75, 3.05) is 11.9 Å². The maximum Gasteiger partial charge on any atom is 0.0349 e. The van der Waals surface area contributed by atoms with Crippen molar-refractivity contribution in [2.45, 2.75) is 52.4 Å². The fourth-order valence-electron chi connectivity index (χ4n) is 2.95. The van der Waals surface area contributed by atoms with E-state index in [4.69, 9.17) is 0 Å². The molecule has 1 nitrogen and oxygen atoms in total. The Labute approximate surface area is 118 Å². The van der Waals surface area contributed by atoms with Gasteiger partial charge in [-0.1, -0.05) is 38.8 Å². The van der Waals surface area contributed by atoms with E-state index in [0.717, 1.165) is 18.9 Å². The average Bonchev–Trinajstić information content (AvgIpc) is 2.45. The van der Waals surface area contributed by atoms with E-state index in [2.05, 4.69) is 43.9 Å². The molecule has 0 spiro atoms. The average molecular weight is 257 g/mol. The van der Waals surface area contributed by atoms with Gasteiger partial charge in [-0.15, -0.1) is 0 Å².